The van der Waals surface area contributed by atoms with Crippen LogP contribution in [0, 0.1) is 11.8 Å². The summed E-state index contributed by atoms with van der Waals surface area (Å²) in [6, 6.07) is 8.82. The first-order valence-electron chi connectivity index (χ1n) is 13.2. The molecule has 0 aromatic heterocycles. The highest BCUT2D eigenvalue weighted by Crippen LogP contribution is 2.30. The molecule has 1 fully saturated rings. The Morgan fingerprint density at radius 1 is 1.11 bits per heavy atom. The number of unbranched alkanes of at least 4 members (excludes halogenated alkanes) is 1. The van der Waals surface area contributed by atoms with Crippen molar-refractivity contribution in [3.63, 3.8) is 0 Å². The van der Waals surface area contributed by atoms with Gasteiger partial charge in [0.2, 0.25) is 11.8 Å². The van der Waals surface area contributed by atoms with E-state index in [1.165, 1.54) is 12.7 Å². The first-order chi connectivity index (χ1) is 17.0. The van der Waals surface area contributed by atoms with Gasteiger partial charge in [-0.3, -0.25) is 9.59 Å². The number of amides is 3. The molecule has 2 aliphatic rings. The highest BCUT2D eigenvalue weighted by atomic mass is 16.5. The van der Waals surface area contributed by atoms with E-state index < -0.39 is 18.2 Å². The number of alkyl carbamates (subject to hydrolysis) is 1. The van der Waals surface area contributed by atoms with Crippen molar-refractivity contribution in [2.75, 3.05) is 13.7 Å². The van der Waals surface area contributed by atoms with E-state index in [1.807, 2.05) is 18.2 Å². The van der Waals surface area contributed by atoms with E-state index in [-0.39, 0.29) is 23.7 Å². The summed E-state index contributed by atoms with van der Waals surface area (Å²) in [5.74, 6) is -0.230. The second-order valence-electron chi connectivity index (χ2n) is 9.89. The Kier molecular flexibility index (Phi) is 10.2. The number of nitrogens with one attached hydrogen (secondary N) is 1. The van der Waals surface area contributed by atoms with Crippen LogP contribution in [0.2, 0.25) is 0 Å². The average molecular weight is 484 g/mol. The molecular weight excluding hydrogens is 442 g/mol. The fourth-order valence-corrected chi connectivity index (χ4v) is 5.29. The predicted octanol–water partition coefficient (Wildman–Crippen LogP) is 4.87. The van der Waals surface area contributed by atoms with Gasteiger partial charge in [-0.15, -0.1) is 0 Å². The van der Waals surface area contributed by atoms with E-state index in [9.17, 15) is 14.4 Å². The number of nitrogens with zero attached hydrogens (tertiary/aromatic N) is 2. The zero-order chi connectivity index (χ0) is 25.2. The zero-order valence-electron chi connectivity index (χ0n) is 21.4. The predicted molar refractivity (Wildman–Crippen MR) is 136 cm³/mol. The van der Waals surface area contributed by atoms with Crippen LogP contribution in [0.3, 0.4) is 0 Å². The first kappa shape index (κ1) is 26.8. The van der Waals surface area contributed by atoms with E-state index in [1.54, 1.807) is 22.2 Å². The summed E-state index contributed by atoms with van der Waals surface area (Å²) in [7, 11) is 1.31. The van der Waals surface area contributed by atoms with Crippen molar-refractivity contribution < 1.29 is 19.1 Å². The Bertz CT molecular complexity index is 866. The number of rotatable bonds is 10. The van der Waals surface area contributed by atoms with Gasteiger partial charge in [-0.1, -0.05) is 76.3 Å². The van der Waals surface area contributed by atoms with Gasteiger partial charge < -0.3 is 19.9 Å². The molecule has 0 bridgehead atoms. The topological polar surface area (TPSA) is 79.0 Å². The second-order valence-corrected chi connectivity index (χ2v) is 9.89. The molecule has 3 rings (SSSR count). The molecule has 1 saturated carbocycles. The maximum atomic E-state index is 13.9. The molecule has 1 N–H and O–H groups in total. The van der Waals surface area contributed by atoms with E-state index in [4.69, 9.17) is 4.74 Å². The first-order valence-corrected chi connectivity index (χ1v) is 13.2. The molecule has 3 atom stereocenters. The number of methoxy groups -OCH3 is 1. The van der Waals surface area contributed by atoms with Crippen molar-refractivity contribution in [3.8, 4) is 0 Å². The SMILES string of the molecule is CCCC[C@H](C)[C@@H]1C(=O)N(CCc2ccccc2)C=CN1C(=O)[C@@H](NC(=O)OC)C1CCCCC1. The summed E-state index contributed by atoms with van der Waals surface area (Å²) in [6.45, 7) is 4.74. The van der Waals surface area contributed by atoms with Crippen molar-refractivity contribution >= 4 is 17.9 Å². The van der Waals surface area contributed by atoms with Gasteiger partial charge in [0, 0.05) is 18.9 Å². The van der Waals surface area contributed by atoms with Crippen LogP contribution in [0.1, 0.15) is 70.8 Å². The Morgan fingerprint density at radius 2 is 1.83 bits per heavy atom. The molecule has 1 aliphatic heterocycles. The minimum Gasteiger partial charge on any atom is -0.453 e. The lowest BCUT2D eigenvalue weighted by molar-refractivity contribution is -0.147. The molecule has 7 heteroatoms. The van der Waals surface area contributed by atoms with Crippen molar-refractivity contribution in [3.05, 3.63) is 48.3 Å². The van der Waals surface area contributed by atoms with Gasteiger partial charge in [0.25, 0.3) is 0 Å². The monoisotopic (exact) mass is 483 g/mol. The Hall–Kier alpha value is -2.83. The third kappa shape index (κ3) is 7.09. The molecule has 1 aliphatic carbocycles. The maximum absolute atomic E-state index is 13.9. The highest BCUT2D eigenvalue weighted by molar-refractivity contribution is 5.93. The van der Waals surface area contributed by atoms with E-state index in [0.29, 0.717) is 6.54 Å². The number of carbonyl (C=O) groups excluding carboxylic acids is 3. The lowest BCUT2D eigenvalue weighted by Gasteiger charge is -2.41. The summed E-state index contributed by atoms with van der Waals surface area (Å²) < 4.78 is 4.83. The molecule has 1 aromatic carbocycles. The smallest absolute Gasteiger partial charge is 0.407 e. The number of benzene rings is 1. The molecule has 3 amide bonds. The quantitative estimate of drug-likeness (QED) is 0.515. The molecule has 1 heterocycles. The molecule has 1 aromatic rings. The van der Waals surface area contributed by atoms with E-state index in [0.717, 1.165) is 57.8 Å². The fourth-order valence-electron chi connectivity index (χ4n) is 5.29. The van der Waals surface area contributed by atoms with Crippen LogP contribution < -0.4 is 5.32 Å². The zero-order valence-corrected chi connectivity index (χ0v) is 21.4. The summed E-state index contributed by atoms with van der Waals surface area (Å²) in [4.78, 5) is 43.1. The number of hydrogen-bond donors (Lipinski definition) is 1. The third-order valence-electron chi connectivity index (χ3n) is 7.38. The van der Waals surface area contributed by atoms with Gasteiger partial charge in [-0.2, -0.15) is 0 Å². The molecular formula is C28H41N3O4. The number of ether oxygens (including phenoxy) is 1. The van der Waals surface area contributed by atoms with Gasteiger partial charge in [0.1, 0.15) is 12.1 Å². The van der Waals surface area contributed by atoms with Crippen LogP contribution in [0.4, 0.5) is 4.79 Å². The summed E-state index contributed by atoms with van der Waals surface area (Å²) in [5.41, 5.74) is 1.17. The van der Waals surface area contributed by atoms with Crippen LogP contribution in [0.5, 0.6) is 0 Å². The van der Waals surface area contributed by atoms with E-state index >= 15 is 0 Å². The maximum Gasteiger partial charge on any atom is 0.407 e. The second kappa shape index (κ2) is 13.3. The fraction of sp³-hybridized carbons (Fsp3) is 0.607. The minimum absolute atomic E-state index is 0.000655. The summed E-state index contributed by atoms with van der Waals surface area (Å²) in [6.07, 6.45) is 11.5. The van der Waals surface area contributed by atoms with Crippen molar-refractivity contribution in [2.24, 2.45) is 11.8 Å². The summed E-state index contributed by atoms with van der Waals surface area (Å²) in [5, 5.41) is 2.80. The molecule has 192 valence electrons. The molecule has 0 radical (unpaired) electrons. The van der Waals surface area contributed by atoms with Gasteiger partial charge in [0.05, 0.1) is 7.11 Å². The van der Waals surface area contributed by atoms with Crippen LogP contribution in [0.25, 0.3) is 0 Å². The number of hydrogen-bond acceptors (Lipinski definition) is 4. The molecule has 0 saturated heterocycles. The van der Waals surface area contributed by atoms with E-state index in [2.05, 4.69) is 31.3 Å². The molecule has 0 unspecified atom stereocenters. The van der Waals surface area contributed by atoms with Gasteiger partial charge in [-0.05, 0) is 43.1 Å². The normalized spacial score (nSPS) is 20.4. The van der Waals surface area contributed by atoms with Crippen molar-refractivity contribution in [1.29, 1.82) is 0 Å². The molecule has 7 nitrogen and oxygen atoms in total. The highest BCUT2D eigenvalue weighted by Gasteiger charge is 2.42. The standard InChI is InChI=1S/C28H41N3O4/c1-4-5-12-21(2)25-27(33)30(18-17-22-13-8-6-9-14-22)19-20-31(25)26(32)24(29-28(34)35-3)23-15-10-7-11-16-23/h6,8-9,13-14,19-21,23-25H,4-5,7,10-12,15-18H2,1-3H3,(H,29,34)/t21-,24-,25+/m0/s1. The van der Waals surface area contributed by atoms with Crippen LogP contribution in [-0.4, -0.2) is 53.4 Å². The number of carbonyl (C=O) groups is 3. The molecule has 35 heavy (non-hydrogen) atoms. The Morgan fingerprint density at radius 3 is 2.49 bits per heavy atom. The minimum atomic E-state index is -0.697. The van der Waals surface area contributed by atoms with Crippen molar-refractivity contribution in [2.45, 2.75) is 83.7 Å². The largest absolute Gasteiger partial charge is 0.453 e. The van der Waals surface area contributed by atoms with Crippen LogP contribution >= 0.6 is 0 Å². The average Bonchev–Trinajstić information content (AvgIpc) is 2.90. The third-order valence-corrected chi connectivity index (χ3v) is 7.38. The molecule has 0 spiro atoms. The van der Waals surface area contributed by atoms with Gasteiger partial charge in [-0.25, -0.2) is 4.79 Å². The lowest BCUT2D eigenvalue weighted by atomic mass is 9.82. The van der Waals surface area contributed by atoms with Gasteiger partial charge in [0.15, 0.2) is 0 Å². The van der Waals surface area contributed by atoms with Crippen LogP contribution in [-0.2, 0) is 20.7 Å². The van der Waals surface area contributed by atoms with Crippen molar-refractivity contribution in [1.82, 2.24) is 15.1 Å². The van der Waals surface area contributed by atoms with Gasteiger partial charge >= 0.3 is 6.09 Å². The lowest BCUT2D eigenvalue weighted by Crippen LogP contribution is -2.59. The summed E-state index contributed by atoms with van der Waals surface area (Å²) >= 11 is 0. The Balaban J connectivity index is 1.84. The Labute approximate surface area is 209 Å². The van der Waals surface area contributed by atoms with Crippen LogP contribution in [0.15, 0.2) is 42.7 Å².